The molecule has 1 aliphatic rings. The van der Waals surface area contributed by atoms with Gasteiger partial charge in [0.1, 0.15) is 0 Å². The predicted molar refractivity (Wildman–Crippen MR) is 63.9 cm³/mol. The van der Waals surface area contributed by atoms with Crippen LogP contribution in [0.3, 0.4) is 0 Å². The van der Waals surface area contributed by atoms with Gasteiger partial charge in [-0.15, -0.1) is 0 Å². The first-order valence-electron chi connectivity index (χ1n) is 5.91. The van der Waals surface area contributed by atoms with Crippen molar-refractivity contribution in [3.05, 3.63) is 35.9 Å². The number of alkyl halides is 3. The summed E-state index contributed by atoms with van der Waals surface area (Å²) in [6.07, 6.45) is -4.23. The maximum absolute atomic E-state index is 12.9. The molecule has 5 heteroatoms. The van der Waals surface area contributed by atoms with Gasteiger partial charge < -0.3 is 5.73 Å². The maximum Gasteiger partial charge on any atom is 0.394 e. The first-order valence-corrected chi connectivity index (χ1v) is 5.91. The molecule has 0 aliphatic carbocycles. The predicted octanol–water partition coefficient (Wildman–Crippen LogP) is 2.40. The number of hydrogen-bond donors (Lipinski definition) is 1. The van der Waals surface area contributed by atoms with E-state index in [4.69, 9.17) is 5.73 Å². The van der Waals surface area contributed by atoms with Crippen LogP contribution in [0.15, 0.2) is 30.3 Å². The average molecular weight is 258 g/mol. The highest BCUT2D eigenvalue weighted by Gasteiger charge is 2.54. The Kier molecular flexibility index (Phi) is 3.38. The summed E-state index contributed by atoms with van der Waals surface area (Å²) < 4.78 is 38.6. The van der Waals surface area contributed by atoms with E-state index in [9.17, 15) is 13.2 Å². The topological polar surface area (TPSA) is 29.3 Å². The molecule has 1 fully saturated rings. The van der Waals surface area contributed by atoms with Crippen molar-refractivity contribution in [1.29, 1.82) is 0 Å². The smallest absolute Gasteiger partial charge is 0.324 e. The zero-order valence-electron chi connectivity index (χ0n) is 10.2. The second-order valence-corrected chi connectivity index (χ2v) is 5.26. The first kappa shape index (κ1) is 13.4. The molecule has 2 nitrogen and oxygen atoms in total. The van der Waals surface area contributed by atoms with Crippen LogP contribution in [0.5, 0.6) is 0 Å². The highest BCUT2D eigenvalue weighted by molar-refractivity contribution is 5.15. The van der Waals surface area contributed by atoms with E-state index < -0.39 is 17.6 Å². The Hall–Kier alpha value is -1.07. The average Bonchev–Trinajstić information content (AvgIpc) is 2.54. The Morgan fingerprint density at radius 3 is 2.44 bits per heavy atom. The lowest BCUT2D eigenvalue weighted by molar-refractivity contribution is -0.181. The fourth-order valence-corrected chi connectivity index (χ4v) is 2.56. The second-order valence-electron chi connectivity index (χ2n) is 5.26. The molecule has 2 atom stereocenters. The van der Waals surface area contributed by atoms with Gasteiger partial charge in [0.2, 0.25) is 0 Å². The van der Waals surface area contributed by atoms with Gasteiger partial charge in [-0.3, -0.25) is 4.90 Å². The van der Waals surface area contributed by atoms with Gasteiger partial charge in [-0.05, 0) is 12.5 Å². The third kappa shape index (κ3) is 2.84. The number of halogens is 3. The third-order valence-corrected chi connectivity index (χ3v) is 3.45. The highest BCUT2D eigenvalue weighted by Crippen LogP contribution is 2.38. The van der Waals surface area contributed by atoms with Crippen molar-refractivity contribution >= 4 is 0 Å². The molecule has 0 saturated carbocycles. The molecule has 100 valence electrons. The van der Waals surface area contributed by atoms with Crippen molar-refractivity contribution < 1.29 is 13.2 Å². The number of rotatable bonds is 2. The Morgan fingerprint density at radius 1 is 1.33 bits per heavy atom. The Balaban J connectivity index is 2.07. The summed E-state index contributed by atoms with van der Waals surface area (Å²) in [7, 11) is 0. The van der Waals surface area contributed by atoms with E-state index in [0.717, 1.165) is 5.56 Å². The standard InChI is InChI=1S/C13H17F3N2/c1-12(17)9-18(8-11(12)13(14,15)16)7-10-5-3-2-4-6-10/h2-6,11H,7-9,17H2,1H3/t11-,12+/m1/s1. The van der Waals surface area contributed by atoms with Crippen molar-refractivity contribution in [2.24, 2.45) is 11.7 Å². The van der Waals surface area contributed by atoms with Gasteiger partial charge in [0.15, 0.2) is 0 Å². The molecular formula is C13H17F3N2. The van der Waals surface area contributed by atoms with Crippen LogP contribution in [-0.2, 0) is 6.54 Å². The summed E-state index contributed by atoms with van der Waals surface area (Å²) >= 11 is 0. The summed E-state index contributed by atoms with van der Waals surface area (Å²) in [5, 5.41) is 0. The van der Waals surface area contributed by atoms with Crippen molar-refractivity contribution in [2.45, 2.75) is 25.2 Å². The molecule has 1 aromatic carbocycles. The quantitative estimate of drug-likeness (QED) is 0.882. The van der Waals surface area contributed by atoms with Gasteiger partial charge in [-0.25, -0.2) is 0 Å². The minimum Gasteiger partial charge on any atom is -0.324 e. The van der Waals surface area contributed by atoms with Crippen LogP contribution in [0.1, 0.15) is 12.5 Å². The van der Waals surface area contributed by atoms with E-state index in [1.54, 1.807) is 4.90 Å². The summed E-state index contributed by atoms with van der Waals surface area (Å²) in [6, 6.07) is 9.48. The van der Waals surface area contributed by atoms with Gasteiger partial charge in [0, 0.05) is 25.2 Å². The molecule has 0 spiro atoms. The molecule has 0 amide bonds. The Morgan fingerprint density at radius 2 is 1.94 bits per heavy atom. The molecule has 0 bridgehead atoms. The molecule has 0 radical (unpaired) electrons. The summed E-state index contributed by atoms with van der Waals surface area (Å²) in [5.74, 6) is -1.45. The lowest BCUT2D eigenvalue weighted by Crippen LogP contribution is -2.50. The van der Waals surface area contributed by atoms with Crippen LogP contribution in [0.2, 0.25) is 0 Å². The number of nitrogens with zero attached hydrogens (tertiary/aromatic N) is 1. The number of benzene rings is 1. The summed E-state index contributed by atoms with van der Waals surface area (Å²) in [5.41, 5.74) is 5.60. The molecular weight excluding hydrogens is 241 g/mol. The lowest BCUT2D eigenvalue weighted by atomic mass is 9.90. The van der Waals surface area contributed by atoms with Crippen LogP contribution in [0.4, 0.5) is 13.2 Å². The van der Waals surface area contributed by atoms with Crippen molar-refractivity contribution in [3.63, 3.8) is 0 Å². The molecule has 2 rings (SSSR count). The molecule has 0 unspecified atom stereocenters. The van der Waals surface area contributed by atoms with Crippen LogP contribution in [0, 0.1) is 5.92 Å². The summed E-state index contributed by atoms with van der Waals surface area (Å²) in [4.78, 5) is 1.77. The van der Waals surface area contributed by atoms with Gasteiger partial charge in [-0.1, -0.05) is 30.3 Å². The largest absolute Gasteiger partial charge is 0.394 e. The van der Waals surface area contributed by atoms with E-state index in [0.29, 0.717) is 6.54 Å². The zero-order chi connectivity index (χ0) is 13.4. The second kappa shape index (κ2) is 4.55. The first-order chi connectivity index (χ1) is 8.29. The molecule has 1 heterocycles. The highest BCUT2D eigenvalue weighted by atomic mass is 19.4. The fourth-order valence-electron chi connectivity index (χ4n) is 2.56. The monoisotopic (exact) mass is 258 g/mol. The molecule has 18 heavy (non-hydrogen) atoms. The zero-order valence-corrected chi connectivity index (χ0v) is 10.2. The van der Waals surface area contributed by atoms with E-state index in [1.165, 1.54) is 6.92 Å². The number of likely N-dealkylation sites (tertiary alicyclic amines) is 1. The van der Waals surface area contributed by atoms with Gasteiger partial charge in [0.05, 0.1) is 5.92 Å². The third-order valence-electron chi connectivity index (χ3n) is 3.45. The summed E-state index contributed by atoms with van der Waals surface area (Å²) in [6.45, 7) is 2.24. The van der Waals surface area contributed by atoms with Crippen LogP contribution >= 0.6 is 0 Å². The van der Waals surface area contributed by atoms with Crippen LogP contribution < -0.4 is 5.73 Å². The molecule has 1 aromatic rings. The fraction of sp³-hybridized carbons (Fsp3) is 0.538. The van der Waals surface area contributed by atoms with E-state index in [1.807, 2.05) is 30.3 Å². The van der Waals surface area contributed by atoms with Gasteiger partial charge >= 0.3 is 6.18 Å². The minimum atomic E-state index is -4.23. The number of hydrogen-bond acceptors (Lipinski definition) is 2. The molecule has 0 aromatic heterocycles. The van der Waals surface area contributed by atoms with Crippen molar-refractivity contribution in [1.82, 2.24) is 4.90 Å². The molecule has 2 N–H and O–H groups in total. The SMILES string of the molecule is C[C@]1(N)CN(Cc2ccccc2)C[C@H]1C(F)(F)F. The normalized spacial score (nSPS) is 29.7. The van der Waals surface area contributed by atoms with E-state index in [2.05, 4.69) is 0 Å². The minimum absolute atomic E-state index is 0.0224. The van der Waals surface area contributed by atoms with E-state index in [-0.39, 0.29) is 13.1 Å². The van der Waals surface area contributed by atoms with Crippen molar-refractivity contribution in [3.8, 4) is 0 Å². The van der Waals surface area contributed by atoms with Gasteiger partial charge in [0.25, 0.3) is 0 Å². The van der Waals surface area contributed by atoms with Crippen molar-refractivity contribution in [2.75, 3.05) is 13.1 Å². The lowest BCUT2D eigenvalue weighted by Gasteiger charge is -2.27. The van der Waals surface area contributed by atoms with Gasteiger partial charge in [-0.2, -0.15) is 13.2 Å². The number of nitrogens with two attached hydrogens (primary N) is 1. The maximum atomic E-state index is 12.9. The molecule has 1 aliphatic heterocycles. The van der Waals surface area contributed by atoms with E-state index >= 15 is 0 Å². The Labute approximate surface area is 105 Å². The van der Waals surface area contributed by atoms with Crippen LogP contribution in [0.25, 0.3) is 0 Å². The Bertz CT molecular complexity index is 400. The molecule has 1 saturated heterocycles. The van der Waals surface area contributed by atoms with Crippen LogP contribution in [-0.4, -0.2) is 29.7 Å².